The van der Waals surface area contributed by atoms with E-state index < -0.39 is 5.97 Å². The smallest absolute Gasteiger partial charge is 0.354 e. The van der Waals surface area contributed by atoms with Crippen molar-refractivity contribution in [1.29, 1.82) is 0 Å². The van der Waals surface area contributed by atoms with E-state index in [9.17, 15) is 9.59 Å². The summed E-state index contributed by atoms with van der Waals surface area (Å²) in [5.74, 6) is -0.755. The van der Waals surface area contributed by atoms with E-state index in [2.05, 4.69) is 9.84 Å². The van der Waals surface area contributed by atoms with E-state index in [0.29, 0.717) is 5.56 Å². The molecule has 96 valence electrons. The van der Waals surface area contributed by atoms with Gasteiger partial charge in [-0.2, -0.15) is 5.10 Å². The van der Waals surface area contributed by atoms with E-state index in [0.717, 1.165) is 0 Å². The topological polar surface area (TPSA) is 59.0 Å². The maximum Gasteiger partial charge on any atom is 0.354 e. The Balaban J connectivity index is 2.85. The number of benzene rings is 1. The number of methoxy groups -OCH3 is 1. The van der Waals surface area contributed by atoms with Crippen molar-refractivity contribution in [2.45, 2.75) is 6.42 Å². The molecule has 1 aromatic carbocycles. The minimum atomic E-state index is -0.590. The summed E-state index contributed by atoms with van der Waals surface area (Å²) in [6.45, 7) is 0. The minimum absolute atomic E-state index is 0.0745. The molecule has 0 bridgehead atoms. The van der Waals surface area contributed by atoms with Crippen molar-refractivity contribution >= 4 is 17.5 Å². The van der Waals surface area contributed by atoms with Gasteiger partial charge < -0.3 is 9.75 Å². The van der Waals surface area contributed by atoms with Crippen molar-refractivity contribution in [2.24, 2.45) is 5.10 Å². The third-order valence-electron chi connectivity index (χ3n) is 2.17. The van der Waals surface area contributed by atoms with E-state index >= 15 is 0 Å². The second kappa shape index (κ2) is 6.54. The first-order chi connectivity index (χ1) is 8.54. The average Bonchev–Trinajstić information content (AvgIpc) is 2.37. The number of ketones is 1. The Morgan fingerprint density at radius 1 is 1.22 bits per heavy atom. The molecule has 0 radical (unpaired) electrons. The zero-order chi connectivity index (χ0) is 13.5. The first-order valence-electron chi connectivity index (χ1n) is 5.46. The van der Waals surface area contributed by atoms with Gasteiger partial charge in [0, 0.05) is 19.7 Å². The molecule has 0 saturated heterocycles. The van der Waals surface area contributed by atoms with Crippen LogP contribution < -0.4 is 0 Å². The fourth-order valence-corrected chi connectivity index (χ4v) is 1.39. The number of rotatable bonds is 5. The molecule has 0 N–H and O–H groups in total. The summed E-state index contributed by atoms with van der Waals surface area (Å²) < 4.78 is 4.60. The van der Waals surface area contributed by atoms with Crippen LogP contribution in [0.3, 0.4) is 0 Å². The van der Waals surface area contributed by atoms with Crippen molar-refractivity contribution in [2.75, 3.05) is 21.2 Å². The van der Waals surface area contributed by atoms with Gasteiger partial charge in [-0.1, -0.05) is 30.3 Å². The van der Waals surface area contributed by atoms with Crippen LogP contribution in [0, 0.1) is 0 Å². The lowest BCUT2D eigenvalue weighted by molar-refractivity contribution is -0.132. The van der Waals surface area contributed by atoms with Gasteiger partial charge in [0.15, 0.2) is 11.5 Å². The highest BCUT2D eigenvalue weighted by Crippen LogP contribution is 2.05. The predicted octanol–water partition coefficient (Wildman–Crippen LogP) is 1.35. The summed E-state index contributed by atoms with van der Waals surface area (Å²) in [5.41, 5.74) is 0.643. The van der Waals surface area contributed by atoms with E-state index in [1.807, 2.05) is 6.07 Å². The maximum absolute atomic E-state index is 11.9. The van der Waals surface area contributed by atoms with Crippen LogP contribution in [-0.2, 0) is 9.53 Å². The molecule has 1 aromatic rings. The zero-order valence-corrected chi connectivity index (χ0v) is 10.7. The maximum atomic E-state index is 11.9. The van der Waals surface area contributed by atoms with Gasteiger partial charge in [0.05, 0.1) is 13.5 Å². The van der Waals surface area contributed by atoms with Crippen molar-refractivity contribution < 1.29 is 14.3 Å². The number of carbonyl (C=O) groups excluding carboxylic acids is 2. The van der Waals surface area contributed by atoms with Gasteiger partial charge in [-0.15, -0.1) is 0 Å². The Kier molecular flexibility index (Phi) is 5.05. The quantitative estimate of drug-likeness (QED) is 0.341. The number of esters is 1. The monoisotopic (exact) mass is 248 g/mol. The number of hydrazone groups is 1. The summed E-state index contributed by atoms with van der Waals surface area (Å²) >= 11 is 0. The van der Waals surface area contributed by atoms with Crippen LogP contribution in [-0.4, -0.2) is 43.7 Å². The molecule has 0 saturated carbocycles. The van der Waals surface area contributed by atoms with Gasteiger partial charge in [-0.25, -0.2) is 4.79 Å². The molecule has 0 spiro atoms. The van der Waals surface area contributed by atoms with Crippen LogP contribution in [0.1, 0.15) is 16.8 Å². The second-order valence-corrected chi connectivity index (χ2v) is 3.85. The lowest BCUT2D eigenvalue weighted by Crippen LogP contribution is -2.23. The van der Waals surface area contributed by atoms with E-state index in [-0.39, 0.29) is 17.9 Å². The SMILES string of the molecule is COC(=O)/C(CC(=O)c1ccccc1)=N/N(C)C. The van der Waals surface area contributed by atoms with Crippen LogP contribution in [0.25, 0.3) is 0 Å². The van der Waals surface area contributed by atoms with Gasteiger partial charge in [0.25, 0.3) is 0 Å². The zero-order valence-electron chi connectivity index (χ0n) is 10.7. The Morgan fingerprint density at radius 2 is 1.83 bits per heavy atom. The largest absolute Gasteiger partial charge is 0.464 e. The predicted molar refractivity (Wildman–Crippen MR) is 68.5 cm³/mol. The molecule has 0 aliphatic carbocycles. The van der Waals surface area contributed by atoms with E-state index in [1.54, 1.807) is 38.4 Å². The molecule has 5 nitrogen and oxygen atoms in total. The molecule has 0 heterocycles. The fraction of sp³-hybridized carbons (Fsp3) is 0.308. The second-order valence-electron chi connectivity index (χ2n) is 3.85. The molecule has 0 aliphatic rings. The highest BCUT2D eigenvalue weighted by Gasteiger charge is 2.18. The minimum Gasteiger partial charge on any atom is -0.464 e. The molecule has 5 heteroatoms. The van der Waals surface area contributed by atoms with Gasteiger partial charge in [0.2, 0.25) is 0 Å². The summed E-state index contributed by atoms with van der Waals surface area (Å²) in [5, 5.41) is 5.43. The molecular weight excluding hydrogens is 232 g/mol. The Hall–Kier alpha value is -2.17. The van der Waals surface area contributed by atoms with Gasteiger partial charge in [-0.05, 0) is 0 Å². The average molecular weight is 248 g/mol. The molecule has 0 fully saturated rings. The summed E-state index contributed by atoms with van der Waals surface area (Å²) in [7, 11) is 4.62. The summed E-state index contributed by atoms with van der Waals surface area (Å²) in [4.78, 5) is 23.4. The molecule has 0 aromatic heterocycles. The van der Waals surface area contributed by atoms with Gasteiger partial charge in [-0.3, -0.25) is 4.79 Å². The molecule has 0 amide bonds. The molecule has 1 rings (SSSR count). The van der Waals surface area contributed by atoms with E-state index in [1.165, 1.54) is 12.1 Å². The van der Waals surface area contributed by atoms with Crippen LogP contribution in [0.2, 0.25) is 0 Å². The fourth-order valence-electron chi connectivity index (χ4n) is 1.39. The third kappa shape index (κ3) is 4.01. The van der Waals surface area contributed by atoms with Crippen molar-refractivity contribution in [3.05, 3.63) is 35.9 Å². The lowest BCUT2D eigenvalue weighted by atomic mass is 10.1. The Labute approximate surface area is 106 Å². The first-order valence-corrected chi connectivity index (χ1v) is 5.46. The van der Waals surface area contributed by atoms with Crippen molar-refractivity contribution in [3.8, 4) is 0 Å². The van der Waals surface area contributed by atoms with Gasteiger partial charge in [0.1, 0.15) is 0 Å². The number of ether oxygens (including phenoxy) is 1. The molecule has 18 heavy (non-hydrogen) atoms. The number of hydrogen-bond acceptors (Lipinski definition) is 5. The molecule has 0 atom stereocenters. The normalized spacial score (nSPS) is 10.9. The summed E-state index contributed by atoms with van der Waals surface area (Å²) in [6.07, 6.45) is -0.0745. The van der Waals surface area contributed by atoms with Crippen LogP contribution >= 0.6 is 0 Å². The van der Waals surface area contributed by atoms with Crippen LogP contribution in [0.4, 0.5) is 0 Å². The third-order valence-corrected chi connectivity index (χ3v) is 2.17. The van der Waals surface area contributed by atoms with Crippen LogP contribution in [0.15, 0.2) is 35.4 Å². The van der Waals surface area contributed by atoms with Crippen molar-refractivity contribution in [1.82, 2.24) is 5.01 Å². The van der Waals surface area contributed by atoms with Crippen LogP contribution in [0.5, 0.6) is 0 Å². The molecule has 0 unspecified atom stereocenters. The molecular formula is C13H16N2O3. The summed E-state index contributed by atoms with van der Waals surface area (Å²) in [6, 6.07) is 8.77. The van der Waals surface area contributed by atoms with Gasteiger partial charge >= 0.3 is 5.97 Å². The standard InChI is InChI=1S/C13H16N2O3/c1-15(2)14-11(13(17)18-3)9-12(16)10-7-5-4-6-8-10/h4-8H,9H2,1-3H3/b14-11+. The first kappa shape index (κ1) is 13.9. The Bertz CT molecular complexity index is 453. The highest BCUT2D eigenvalue weighted by molar-refractivity contribution is 6.40. The Morgan fingerprint density at radius 3 is 2.33 bits per heavy atom. The van der Waals surface area contributed by atoms with Crippen molar-refractivity contribution in [3.63, 3.8) is 0 Å². The lowest BCUT2D eigenvalue weighted by Gasteiger charge is -2.08. The molecule has 0 aliphatic heterocycles. The highest BCUT2D eigenvalue weighted by atomic mass is 16.5. The number of carbonyl (C=O) groups is 2. The number of Topliss-reactive ketones (excluding diaryl/α,β-unsaturated/α-hetero) is 1. The number of hydrogen-bond donors (Lipinski definition) is 0. The number of nitrogens with zero attached hydrogens (tertiary/aromatic N) is 2. The van der Waals surface area contributed by atoms with E-state index in [4.69, 9.17) is 0 Å².